The first-order valence-corrected chi connectivity index (χ1v) is 5.81. The van der Waals surface area contributed by atoms with E-state index in [-0.39, 0.29) is 0 Å². The summed E-state index contributed by atoms with van der Waals surface area (Å²) in [6, 6.07) is 8.11. The van der Waals surface area contributed by atoms with Crippen LogP contribution in [0.1, 0.15) is 25.8 Å². The Hall–Kier alpha value is -0.530. The van der Waals surface area contributed by atoms with Gasteiger partial charge < -0.3 is 5.32 Å². The van der Waals surface area contributed by atoms with E-state index in [1.807, 2.05) is 19.2 Å². The van der Waals surface area contributed by atoms with Gasteiger partial charge in [-0.3, -0.25) is 0 Å². The van der Waals surface area contributed by atoms with Crippen LogP contribution in [0.3, 0.4) is 0 Å². The van der Waals surface area contributed by atoms with Crippen molar-refractivity contribution in [1.29, 1.82) is 0 Å². The molecule has 0 spiro atoms. The molecular weight excluding hydrogens is 206 g/mol. The minimum Gasteiger partial charge on any atom is -0.320 e. The minimum absolute atomic E-state index is 0.300. The molecule has 15 heavy (non-hydrogen) atoms. The lowest BCUT2D eigenvalue weighted by Crippen LogP contribution is -2.21. The Morgan fingerprint density at radius 2 is 1.93 bits per heavy atom. The fourth-order valence-corrected chi connectivity index (χ4v) is 1.91. The standard InChI is InChI=1S/C13H20ClN/c1-13(2,8-9-15-3)10-11-6-4-5-7-12(11)14/h4-7,15H,8-10H2,1-3H3. The van der Waals surface area contributed by atoms with E-state index in [4.69, 9.17) is 11.6 Å². The van der Waals surface area contributed by atoms with Crippen molar-refractivity contribution in [3.05, 3.63) is 34.9 Å². The second kappa shape index (κ2) is 5.53. The average molecular weight is 226 g/mol. The van der Waals surface area contributed by atoms with Gasteiger partial charge in [-0.15, -0.1) is 0 Å². The van der Waals surface area contributed by atoms with Crippen LogP contribution in [0.2, 0.25) is 5.02 Å². The van der Waals surface area contributed by atoms with Crippen LogP contribution in [0.4, 0.5) is 0 Å². The monoisotopic (exact) mass is 225 g/mol. The second-order valence-corrected chi connectivity index (χ2v) is 5.19. The zero-order valence-corrected chi connectivity index (χ0v) is 10.6. The molecule has 0 bridgehead atoms. The lowest BCUT2D eigenvalue weighted by Gasteiger charge is -2.25. The topological polar surface area (TPSA) is 12.0 Å². The molecule has 0 aliphatic heterocycles. The zero-order valence-electron chi connectivity index (χ0n) is 9.81. The predicted molar refractivity (Wildman–Crippen MR) is 67.5 cm³/mol. The van der Waals surface area contributed by atoms with E-state index in [0.717, 1.165) is 24.4 Å². The molecule has 0 aliphatic carbocycles. The molecule has 2 heteroatoms. The Morgan fingerprint density at radius 3 is 2.53 bits per heavy atom. The van der Waals surface area contributed by atoms with Crippen LogP contribution in [0.15, 0.2) is 24.3 Å². The number of hydrogen-bond acceptors (Lipinski definition) is 1. The van der Waals surface area contributed by atoms with Gasteiger partial charge >= 0.3 is 0 Å². The van der Waals surface area contributed by atoms with Crippen LogP contribution in [0.25, 0.3) is 0 Å². The number of halogens is 1. The molecule has 0 heterocycles. The van der Waals surface area contributed by atoms with Gasteiger partial charge in [0.1, 0.15) is 0 Å². The Balaban J connectivity index is 2.64. The summed E-state index contributed by atoms with van der Waals surface area (Å²) in [6.07, 6.45) is 2.20. The molecule has 1 aromatic rings. The lowest BCUT2D eigenvalue weighted by atomic mass is 9.82. The lowest BCUT2D eigenvalue weighted by molar-refractivity contribution is 0.329. The molecule has 1 N–H and O–H groups in total. The molecule has 0 aromatic heterocycles. The van der Waals surface area contributed by atoms with E-state index in [0.29, 0.717) is 5.41 Å². The maximum atomic E-state index is 6.15. The third kappa shape index (κ3) is 4.23. The first-order valence-electron chi connectivity index (χ1n) is 5.43. The normalized spacial score (nSPS) is 11.7. The van der Waals surface area contributed by atoms with E-state index in [9.17, 15) is 0 Å². The molecular formula is C13H20ClN. The maximum absolute atomic E-state index is 6.15. The molecule has 0 unspecified atom stereocenters. The van der Waals surface area contributed by atoms with E-state index >= 15 is 0 Å². The van der Waals surface area contributed by atoms with Crippen LogP contribution in [0.5, 0.6) is 0 Å². The van der Waals surface area contributed by atoms with Gasteiger partial charge in [0.2, 0.25) is 0 Å². The molecule has 0 saturated carbocycles. The van der Waals surface area contributed by atoms with Crippen molar-refractivity contribution in [3.63, 3.8) is 0 Å². The summed E-state index contributed by atoms with van der Waals surface area (Å²) in [5.41, 5.74) is 1.55. The molecule has 0 amide bonds. The quantitative estimate of drug-likeness (QED) is 0.809. The van der Waals surface area contributed by atoms with Crippen LogP contribution in [-0.2, 0) is 6.42 Å². The van der Waals surface area contributed by atoms with E-state index in [2.05, 4.69) is 31.3 Å². The highest BCUT2D eigenvalue weighted by atomic mass is 35.5. The van der Waals surface area contributed by atoms with E-state index in [1.165, 1.54) is 5.56 Å². The fourth-order valence-electron chi connectivity index (χ4n) is 1.71. The summed E-state index contributed by atoms with van der Waals surface area (Å²) in [5, 5.41) is 4.08. The first kappa shape index (κ1) is 12.5. The van der Waals surface area contributed by atoms with Crippen molar-refractivity contribution in [2.75, 3.05) is 13.6 Å². The molecule has 0 fully saturated rings. The number of hydrogen-bond donors (Lipinski definition) is 1. The molecule has 0 saturated heterocycles. The van der Waals surface area contributed by atoms with E-state index < -0.39 is 0 Å². The molecule has 1 rings (SSSR count). The maximum Gasteiger partial charge on any atom is 0.0438 e. The Bertz CT molecular complexity index is 307. The van der Waals surface area contributed by atoms with Gasteiger partial charge in [-0.25, -0.2) is 0 Å². The van der Waals surface area contributed by atoms with Crippen LogP contribution in [-0.4, -0.2) is 13.6 Å². The van der Waals surface area contributed by atoms with Gasteiger partial charge in [0, 0.05) is 5.02 Å². The molecule has 1 nitrogen and oxygen atoms in total. The van der Waals surface area contributed by atoms with Crippen molar-refractivity contribution in [2.24, 2.45) is 5.41 Å². The number of rotatable bonds is 5. The van der Waals surface area contributed by atoms with Crippen molar-refractivity contribution >= 4 is 11.6 Å². The summed E-state index contributed by atoms with van der Waals surface area (Å²) in [5.74, 6) is 0. The molecule has 0 radical (unpaired) electrons. The Morgan fingerprint density at radius 1 is 1.27 bits per heavy atom. The highest BCUT2D eigenvalue weighted by Gasteiger charge is 2.18. The minimum atomic E-state index is 0.300. The van der Waals surface area contributed by atoms with Gasteiger partial charge in [-0.2, -0.15) is 0 Å². The van der Waals surface area contributed by atoms with Crippen LogP contribution in [0, 0.1) is 5.41 Å². The van der Waals surface area contributed by atoms with Gasteiger partial charge in [0.25, 0.3) is 0 Å². The van der Waals surface area contributed by atoms with Gasteiger partial charge in [-0.05, 0) is 43.5 Å². The van der Waals surface area contributed by atoms with Crippen molar-refractivity contribution in [2.45, 2.75) is 26.7 Å². The summed E-state index contributed by atoms with van der Waals surface area (Å²) < 4.78 is 0. The van der Waals surface area contributed by atoms with Crippen molar-refractivity contribution in [1.82, 2.24) is 5.32 Å². The van der Waals surface area contributed by atoms with Gasteiger partial charge in [-0.1, -0.05) is 43.6 Å². The number of benzene rings is 1. The van der Waals surface area contributed by atoms with Crippen molar-refractivity contribution in [3.8, 4) is 0 Å². The molecule has 0 aliphatic rings. The Labute approximate surface area is 97.8 Å². The van der Waals surface area contributed by atoms with Gasteiger partial charge in [0.15, 0.2) is 0 Å². The third-order valence-electron chi connectivity index (χ3n) is 2.68. The van der Waals surface area contributed by atoms with Crippen LogP contribution >= 0.6 is 11.6 Å². The highest BCUT2D eigenvalue weighted by Crippen LogP contribution is 2.28. The molecule has 1 aromatic carbocycles. The molecule has 84 valence electrons. The highest BCUT2D eigenvalue weighted by molar-refractivity contribution is 6.31. The summed E-state index contributed by atoms with van der Waals surface area (Å²) in [6.45, 7) is 5.62. The first-order chi connectivity index (χ1) is 7.05. The summed E-state index contributed by atoms with van der Waals surface area (Å²) >= 11 is 6.15. The average Bonchev–Trinajstić information content (AvgIpc) is 2.18. The van der Waals surface area contributed by atoms with Crippen molar-refractivity contribution < 1.29 is 0 Å². The molecule has 0 atom stereocenters. The van der Waals surface area contributed by atoms with Crippen LogP contribution < -0.4 is 5.32 Å². The summed E-state index contributed by atoms with van der Waals surface area (Å²) in [7, 11) is 1.99. The van der Waals surface area contributed by atoms with Gasteiger partial charge in [0.05, 0.1) is 0 Å². The predicted octanol–water partition coefficient (Wildman–Crippen LogP) is 3.52. The Kier molecular flexibility index (Phi) is 4.62. The largest absolute Gasteiger partial charge is 0.320 e. The zero-order chi connectivity index (χ0) is 11.3. The van der Waals surface area contributed by atoms with E-state index in [1.54, 1.807) is 0 Å². The third-order valence-corrected chi connectivity index (χ3v) is 3.05. The smallest absolute Gasteiger partial charge is 0.0438 e. The fraction of sp³-hybridized carbons (Fsp3) is 0.538. The second-order valence-electron chi connectivity index (χ2n) is 4.79. The summed E-state index contributed by atoms with van der Waals surface area (Å²) in [4.78, 5) is 0. The SMILES string of the molecule is CNCCC(C)(C)Cc1ccccc1Cl. The number of nitrogens with one attached hydrogen (secondary N) is 1.